The highest BCUT2D eigenvalue weighted by Crippen LogP contribution is 2.39. The molecule has 84 valence electrons. The van der Waals surface area contributed by atoms with E-state index < -0.39 is 28.3 Å². The van der Waals surface area contributed by atoms with E-state index in [4.69, 9.17) is 0 Å². The molecule has 0 aliphatic carbocycles. The molecular weight excluding hydrogens is 400 g/mol. The number of halogens is 7. The Morgan fingerprint density at radius 3 is 2.27 bits per heavy atom. The Kier molecular flexibility index (Phi) is 3.90. The molecule has 0 aliphatic rings. The van der Waals surface area contributed by atoms with Gasteiger partial charge in [0.15, 0.2) is 0 Å². The lowest BCUT2D eigenvalue weighted by molar-refractivity contribution is -0.139. The second kappa shape index (κ2) is 4.48. The monoisotopic (exact) mass is 401 g/mol. The van der Waals surface area contributed by atoms with Crippen molar-refractivity contribution in [1.29, 1.82) is 0 Å². The summed E-state index contributed by atoms with van der Waals surface area (Å²) in [5.74, 6) is 0. The molecular formula is C7H2BrF5IN. The molecule has 0 N–H and O–H groups in total. The van der Waals surface area contributed by atoms with Gasteiger partial charge in [-0.15, -0.1) is 0 Å². The third-order valence-electron chi connectivity index (χ3n) is 1.50. The Labute approximate surface area is 103 Å². The first-order valence-electron chi connectivity index (χ1n) is 3.44. The SMILES string of the molecule is FC(F)c1c(C(F)(F)F)cc(I)nc1Br. The molecule has 0 atom stereocenters. The fraction of sp³-hybridized carbons (Fsp3) is 0.286. The van der Waals surface area contributed by atoms with Gasteiger partial charge < -0.3 is 0 Å². The maximum absolute atomic E-state index is 12.4. The fourth-order valence-corrected chi connectivity index (χ4v) is 2.40. The average Bonchev–Trinajstić information content (AvgIpc) is 1.99. The molecule has 0 aromatic carbocycles. The minimum Gasteiger partial charge on any atom is -0.234 e. The molecule has 1 rings (SSSR count). The predicted molar refractivity (Wildman–Crippen MR) is 54.6 cm³/mol. The van der Waals surface area contributed by atoms with Crippen molar-refractivity contribution < 1.29 is 22.0 Å². The van der Waals surface area contributed by atoms with Crippen molar-refractivity contribution in [2.75, 3.05) is 0 Å². The van der Waals surface area contributed by atoms with Gasteiger partial charge in [0, 0.05) is 0 Å². The van der Waals surface area contributed by atoms with Gasteiger partial charge in [-0.05, 0) is 44.6 Å². The summed E-state index contributed by atoms with van der Waals surface area (Å²) in [6.45, 7) is 0. The maximum Gasteiger partial charge on any atom is 0.417 e. The van der Waals surface area contributed by atoms with E-state index in [1.165, 1.54) is 22.6 Å². The third kappa shape index (κ3) is 2.99. The van der Waals surface area contributed by atoms with Crippen molar-refractivity contribution >= 4 is 38.5 Å². The molecule has 0 aliphatic heterocycles. The van der Waals surface area contributed by atoms with Gasteiger partial charge in [-0.3, -0.25) is 0 Å². The van der Waals surface area contributed by atoms with E-state index in [2.05, 4.69) is 20.9 Å². The van der Waals surface area contributed by atoms with Crippen LogP contribution in [0.5, 0.6) is 0 Å². The van der Waals surface area contributed by atoms with Crippen molar-refractivity contribution in [3.05, 3.63) is 25.5 Å². The number of alkyl halides is 5. The molecule has 0 bridgehead atoms. The minimum absolute atomic E-state index is 0.00352. The Morgan fingerprint density at radius 1 is 1.33 bits per heavy atom. The Bertz CT molecular complexity index is 378. The van der Waals surface area contributed by atoms with Crippen molar-refractivity contribution in [1.82, 2.24) is 4.98 Å². The van der Waals surface area contributed by atoms with Gasteiger partial charge in [0.1, 0.15) is 8.30 Å². The zero-order valence-corrected chi connectivity index (χ0v) is 10.5. The molecule has 15 heavy (non-hydrogen) atoms. The predicted octanol–water partition coefficient (Wildman–Crippen LogP) is 4.41. The highest BCUT2D eigenvalue weighted by atomic mass is 127. The summed E-state index contributed by atoms with van der Waals surface area (Å²) in [5.41, 5.74) is -2.48. The summed E-state index contributed by atoms with van der Waals surface area (Å²) >= 11 is 4.12. The lowest BCUT2D eigenvalue weighted by Gasteiger charge is -2.13. The van der Waals surface area contributed by atoms with E-state index in [9.17, 15) is 22.0 Å². The number of hydrogen-bond donors (Lipinski definition) is 0. The zero-order chi connectivity index (χ0) is 11.8. The lowest BCUT2D eigenvalue weighted by Crippen LogP contribution is -2.12. The first-order valence-corrected chi connectivity index (χ1v) is 5.32. The number of hydrogen-bond acceptors (Lipinski definition) is 1. The zero-order valence-electron chi connectivity index (χ0n) is 6.75. The lowest BCUT2D eigenvalue weighted by atomic mass is 10.1. The molecule has 0 radical (unpaired) electrons. The van der Waals surface area contributed by atoms with Crippen LogP contribution < -0.4 is 0 Å². The topological polar surface area (TPSA) is 12.9 Å². The van der Waals surface area contributed by atoms with Gasteiger partial charge in [-0.25, -0.2) is 13.8 Å². The number of aromatic nitrogens is 1. The van der Waals surface area contributed by atoms with Crippen molar-refractivity contribution in [2.24, 2.45) is 0 Å². The summed E-state index contributed by atoms with van der Waals surface area (Å²) in [5, 5.41) is 0. The third-order valence-corrected chi connectivity index (χ3v) is 2.66. The van der Waals surface area contributed by atoms with E-state index in [-0.39, 0.29) is 3.70 Å². The molecule has 1 aromatic heterocycles. The van der Waals surface area contributed by atoms with Crippen LogP contribution in [0.3, 0.4) is 0 Å². The molecule has 0 saturated heterocycles. The molecule has 0 saturated carbocycles. The minimum atomic E-state index is -4.81. The Morgan fingerprint density at radius 2 is 1.87 bits per heavy atom. The van der Waals surface area contributed by atoms with E-state index in [0.29, 0.717) is 6.07 Å². The van der Waals surface area contributed by atoms with Crippen LogP contribution in [0.25, 0.3) is 0 Å². The average molecular weight is 402 g/mol. The van der Waals surface area contributed by atoms with Crippen LogP contribution in [0.4, 0.5) is 22.0 Å². The first kappa shape index (κ1) is 13.1. The molecule has 1 nitrogen and oxygen atoms in total. The van der Waals surface area contributed by atoms with Gasteiger partial charge in [-0.2, -0.15) is 13.2 Å². The molecule has 0 unspecified atom stereocenters. The van der Waals surface area contributed by atoms with E-state index in [1.54, 1.807) is 0 Å². The van der Waals surface area contributed by atoms with Gasteiger partial charge in [-0.1, -0.05) is 0 Å². The van der Waals surface area contributed by atoms with Gasteiger partial charge >= 0.3 is 6.18 Å². The smallest absolute Gasteiger partial charge is 0.234 e. The fourth-order valence-electron chi connectivity index (χ4n) is 0.936. The van der Waals surface area contributed by atoms with E-state index in [1.807, 2.05) is 0 Å². The van der Waals surface area contributed by atoms with E-state index in [0.717, 1.165) is 0 Å². The summed E-state index contributed by atoms with van der Waals surface area (Å²) in [6.07, 6.45) is -8.03. The summed E-state index contributed by atoms with van der Waals surface area (Å²) < 4.78 is 61.4. The van der Waals surface area contributed by atoms with Gasteiger partial charge in [0.05, 0.1) is 11.1 Å². The van der Waals surface area contributed by atoms with Crippen LogP contribution >= 0.6 is 38.5 Å². The van der Waals surface area contributed by atoms with Crippen LogP contribution in [0.15, 0.2) is 10.7 Å². The highest BCUT2D eigenvalue weighted by Gasteiger charge is 2.37. The normalized spacial score (nSPS) is 12.3. The van der Waals surface area contributed by atoms with Crippen LogP contribution in [0.1, 0.15) is 17.6 Å². The van der Waals surface area contributed by atoms with Crippen molar-refractivity contribution in [3.63, 3.8) is 0 Å². The molecule has 1 heterocycles. The standard InChI is InChI=1S/C7H2BrF5IN/c8-5-4(6(9)10)2(7(11,12)13)1-3(14)15-5/h1,6H. The second-order valence-corrected chi connectivity index (χ2v) is 4.35. The molecule has 0 fully saturated rings. The maximum atomic E-state index is 12.4. The van der Waals surface area contributed by atoms with Crippen LogP contribution in [0.2, 0.25) is 0 Å². The molecule has 0 amide bonds. The van der Waals surface area contributed by atoms with Crippen LogP contribution in [-0.4, -0.2) is 4.98 Å². The Balaban J connectivity index is 3.47. The van der Waals surface area contributed by atoms with Gasteiger partial charge in [0.25, 0.3) is 6.43 Å². The summed E-state index contributed by atoms with van der Waals surface area (Å²) in [4.78, 5) is 3.49. The summed E-state index contributed by atoms with van der Waals surface area (Å²) in [6, 6.07) is 0.590. The molecule has 1 aromatic rings. The van der Waals surface area contributed by atoms with Crippen molar-refractivity contribution in [3.8, 4) is 0 Å². The summed E-state index contributed by atoms with van der Waals surface area (Å²) in [7, 11) is 0. The largest absolute Gasteiger partial charge is 0.417 e. The van der Waals surface area contributed by atoms with E-state index >= 15 is 0 Å². The van der Waals surface area contributed by atoms with Crippen LogP contribution in [0, 0.1) is 3.70 Å². The van der Waals surface area contributed by atoms with Crippen LogP contribution in [-0.2, 0) is 6.18 Å². The molecule has 0 spiro atoms. The number of pyridine rings is 1. The first-order chi connectivity index (χ1) is 6.73. The van der Waals surface area contributed by atoms with Gasteiger partial charge in [0.2, 0.25) is 0 Å². The number of nitrogens with zero attached hydrogens (tertiary/aromatic N) is 1. The van der Waals surface area contributed by atoms with Crippen molar-refractivity contribution in [2.45, 2.75) is 12.6 Å². The highest BCUT2D eigenvalue weighted by molar-refractivity contribution is 14.1. The Hall–Kier alpha value is 0.01000. The quantitative estimate of drug-likeness (QED) is 0.386. The molecule has 8 heteroatoms. The second-order valence-electron chi connectivity index (χ2n) is 2.50. The number of rotatable bonds is 1.